The van der Waals surface area contributed by atoms with Crippen molar-refractivity contribution in [3.8, 4) is 5.75 Å². The van der Waals surface area contributed by atoms with Gasteiger partial charge in [0.05, 0.1) is 6.61 Å². The van der Waals surface area contributed by atoms with Crippen molar-refractivity contribution in [2.75, 3.05) is 6.61 Å². The van der Waals surface area contributed by atoms with Crippen LogP contribution in [-0.4, -0.2) is 12.8 Å². The van der Waals surface area contributed by atoms with Gasteiger partial charge in [0.15, 0.2) is 0 Å². The molecule has 0 fully saturated rings. The van der Waals surface area contributed by atoms with Gasteiger partial charge in [-0.05, 0) is 30.7 Å². The number of halogens is 1. The zero-order valence-electron chi connectivity index (χ0n) is 7.83. The molecule has 0 saturated heterocycles. The lowest BCUT2D eigenvalue weighted by Crippen LogP contribution is -2.10. The van der Waals surface area contributed by atoms with Crippen molar-refractivity contribution >= 4 is 6.16 Å². The van der Waals surface area contributed by atoms with Crippen molar-refractivity contribution in [2.24, 2.45) is 0 Å². The van der Waals surface area contributed by atoms with Gasteiger partial charge in [0.1, 0.15) is 11.6 Å². The van der Waals surface area contributed by atoms with Crippen LogP contribution in [0.1, 0.15) is 13.3 Å². The van der Waals surface area contributed by atoms with Crippen LogP contribution in [0.4, 0.5) is 9.18 Å². The summed E-state index contributed by atoms with van der Waals surface area (Å²) in [7, 11) is 0. The number of rotatable bonds is 3. The van der Waals surface area contributed by atoms with E-state index in [1.807, 2.05) is 6.92 Å². The van der Waals surface area contributed by atoms with E-state index in [4.69, 9.17) is 4.74 Å². The Morgan fingerprint density at radius 2 is 2.00 bits per heavy atom. The van der Waals surface area contributed by atoms with Crippen molar-refractivity contribution in [2.45, 2.75) is 13.3 Å². The molecule has 0 amide bonds. The summed E-state index contributed by atoms with van der Waals surface area (Å²) < 4.78 is 21.9. The van der Waals surface area contributed by atoms with E-state index < -0.39 is 6.16 Å². The van der Waals surface area contributed by atoms with E-state index in [2.05, 4.69) is 4.74 Å². The zero-order chi connectivity index (χ0) is 10.4. The molecule has 14 heavy (non-hydrogen) atoms. The first-order valence-electron chi connectivity index (χ1n) is 4.32. The molecule has 0 radical (unpaired) electrons. The van der Waals surface area contributed by atoms with Gasteiger partial charge in [-0.15, -0.1) is 0 Å². The minimum absolute atomic E-state index is 0.271. The van der Waals surface area contributed by atoms with Gasteiger partial charge in [-0.1, -0.05) is 6.92 Å². The number of hydrogen-bond acceptors (Lipinski definition) is 3. The molecule has 0 aliphatic rings. The van der Waals surface area contributed by atoms with Crippen LogP contribution in [-0.2, 0) is 4.74 Å². The van der Waals surface area contributed by atoms with Gasteiger partial charge >= 0.3 is 6.16 Å². The van der Waals surface area contributed by atoms with Gasteiger partial charge < -0.3 is 9.47 Å². The maximum absolute atomic E-state index is 12.5. The molecule has 3 nitrogen and oxygen atoms in total. The first-order valence-corrected chi connectivity index (χ1v) is 4.32. The van der Waals surface area contributed by atoms with Crippen LogP contribution < -0.4 is 4.74 Å². The average molecular weight is 198 g/mol. The molecule has 0 atom stereocenters. The van der Waals surface area contributed by atoms with Gasteiger partial charge in [0, 0.05) is 0 Å². The van der Waals surface area contributed by atoms with Crippen molar-refractivity contribution in [1.82, 2.24) is 0 Å². The molecule has 1 aromatic carbocycles. The lowest BCUT2D eigenvalue weighted by Gasteiger charge is -2.03. The number of ether oxygens (including phenoxy) is 2. The molecule has 0 bridgehead atoms. The number of benzene rings is 1. The maximum atomic E-state index is 12.5. The van der Waals surface area contributed by atoms with E-state index in [0.29, 0.717) is 6.61 Å². The van der Waals surface area contributed by atoms with Crippen LogP contribution in [0.15, 0.2) is 24.3 Å². The lowest BCUT2D eigenvalue weighted by atomic mass is 10.3. The quantitative estimate of drug-likeness (QED) is 0.553. The Morgan fingerprint density at radius 3 is 2.57 bits per heavy atom. The summed E-state index contributed by atoms with van der Waals surface area (Å²) in [6, 6.07) is 5.15. The topological polar surface area (TPSA) is 35.5 Å². The molecule has 0 aliphatic heterocycles. The van der Waals surface area contributed by atoms with E-state index in [-0.39, 0.29) is 11.6 Å². The third-order valence-corrected chi connectivity index (χ3v) is 1.44. The van der Waals surface area contributed by atoms with Crippen LogP contribution >= 0.6 is 0 Å². The molecule has 0 heterocycles. The predicted molar refractivity (Wildman–Crippen MR) is 48.7 cm³/mol. The molecule has 1 rings (SSSR count). The minimum Gasteiger partial charge on any atom is -0.434 e. The Morgan fingerprint density at radius 1 is 1.36 bits per heavy atom. The largest absolute Gasteiger partial charge is 0.513 e. The molecule has 0 N–H and O–H groups in total. The molecule has 0 aromatic heterocycles. The van der Waals surface area contributed by atoms with E-state index >= 15 is 0 Å². The summed E-state index contributed by atoms with van der Waals surface area (Å²) in [5, 5.41) is 0. The Kier molecular flexibility index (Phi) is 3.91. The molecule has 0 spiro atoms. The Labute approximate surface area is 81.4 Å². The van der Waals surface area contributed by atoms with Gasteiger partial charge in [-0.25, -0.2) is 9.18 Å². The second-order valence-electron chi connectivity index (χ2n) is 2.65. The van der Waals surface area contributed by atoms with Crippen molar-refractivity contribution < 1.29 is 18.7 Å². The van der Waals surface area contributed by atoms with Gasteiger partial charge in [-0.2, -0.15) is 0 Å². The van der Waals surface area contributed by atoms with E-state index in [0.717, 1.165) is 6.42 Å². The summed E-state index contributed by atoms with van der Waals surface area (Å²) >= 11 is 0. The van der Waals surface area contributed by atoms with Crippen LogP contribution in [0, 0.1) is 5.82 Å². The lowest BCUT2D eigenvalue weighted by molar-refractivity contribution is 0.0991. The van der Waals surface area contributed by atoms with Crippen LogP contribution in [0.3, 0.4) is 0 Å². The normalized spacial score (nSPS) is 9.57. The summed E-state index contributed by atoms with van der Waals surface area (Å²) in [6.45, 7) is 2.20. The smallest absolute Gasteiger partial charge is 0.434 e. The summed E-state index contributed by atoms with van der Waals surface area (Å²) in [6.07, 6.45) is -0.0307. The fourth-order valence-electron chi connectivity index (χ4n) is 0.814. The fourth-order valence-corrected chi connectivity index (χ4v) is 0.814. The Bertz CT molecular complexity index is 295. The number of carbonyl (C=O) groups excluding carboxylic acids is 1. The van der Waals surface area contributed by atoms with Gasteiger partial charge in [0.25, 0.3) is 0 Å². The van der Waals surface area contributed by atoms with E-state index in [1.54, 1.807) is 0 Å². The Hall–Kier alpha value is -1.58. The highest BCUT2D eigenvalue weighted by Crippen LogP contribution is 2.11. The minimum atomic E-state index is -0.765. The van der Waals surface area contributed by atoms with Crippen molar-refractivity contribution in [1.29, 1.82) is 0 Å². The summed E-state index contributed by atoms with van der Waals surface area (Å²) in [5.41, 5.74) is 0. The molecular formula is C10H11FO3. The molecule has 0 unspecified atom stereocenters. The van der Waals surface area contributed by atoms with Gasteiger partial charge in [0.2, 0.25) is 0 Å². The maximum Gasteiger partial charge on any atom is 0.513 e. The monoisotopic (exact) mass is 198 g/mol. The first-order chi connectivity index (χ1) is 6.72. The Balaban J connectivity index is 2.44. The number of hydrogen-bond donors (Lipinski definition) is 0. The second-order valence-corrected chi connectivity index (χ2v) is 2.65. The SMILES string of the molecule is CCCOC(=O)Oc1ccc(F)cc1. The van der Waals surface area contributed by atoms with Crippen LogP contribution in [0.2, 0.25) is 0 Å². The summed E-state index contributed by atoms with van der Waals surface area (Å²) in [4.78, 5) is 10.9. The average Bonchev–Trinajstić information content (AvgIpc) is 2.18. The molecule has 4 heteroatoms. The second kappa shape index (κ2) is 5.21. The molecular weight excluding hydrogens is 187 g/mol. The highest BCUT2D eigenvalue weighted by molar-refractivity contribution is 5.63. The highest BCUT2D eigenvalue weighted by atomic mass is 19.1. The third-order valence-electron chi connectivity index (χ3n) is 1.44. The van der Waals surface area contributed by atoms with E-state index in [9.17, 15) is 9.18 Å². The first kappa shape index (κ1) is 10.5. The fraction of sp³-hybridized carbons (Fsp3) is 0.300. The van der Waals surface area contributed by atoms with Crippen molar-refractivity contribution in [3.63, 3.8) is 0 Å². The molecule has 0 aliphatic carbocycles. The number of carbonyl (C=O) groups is 1. The van der Waals surface area contributed by atoms with Gasteiger partial charge in [-0.3, -0.25) is 0 Å². The van der Waals surface area contributed by atoms with Crippen LogP contribution in [0.25, 0.3) is 0 Å². The molecule has 1 aromatic rings. The standard InChI is InChI=1S/C10H11FO3/c1-2-7-13-10(12)14-9-5-3-8(11)4-6-9/h3-6H,2,7H2,1H3. The molecule has 76 valence electrons. The van der Waals surface area contributed by atoms with Crippen LogP contribution in [0.5, 0.6) is 5.75 Å². The molecule has 0 saturated carbocycles. The highest BCUT2D eigenvalue weighted by Gasteiger charge is 2.04. The third kappa shape index (κ3) is 3.43. The summed E-state index contributed by atoms with van der Waals surface area (Å²) in [5.74, 6) is -0.105. The zero-order valence-corrected chi connectivity index (χ0v) is 7.83. The predicted octanol–water partition coefficient (Wildman–Crippen LogP) is 2.75. The van der Waals surface area contributed by atoms with Crippen molar-refractivity contribution in [3.05, 3.63) is 30.1 Å². The van der Waals surface area contributed by atoms with E-state index in [1.165, 1.54) is 24.3 Å².